The van der Waals surface area contributed by atoms with Crippen LogP contribution in [0.1, 0.15) is 41.7 Å². The Morgan fingerprint density at radius 1 is 0.900 bits per heavy atom. The second-order valence-corrected chi connectivity index (χ2v) is 7.78. The van der Waals surface area contributed by atoms with Crippen molar-refractivity contribution in [2.24, 2.45) is 0 Å². The quantitative estimate of drug-likeness (QED) is 0.560. The minimum atomic E-state index is -0.116. The van der Waals surface area contributed by atoms with Gasteiger partial charge in [0.2, 0.25) is 0 Å². The molecule has 0 radical (unpaired) electrons. The minimum Gasteiger partial charge on any atom is -0.465 e. The molecule has 1 fully saturated rings. The standard InChI is InChI=1S/C26H28N2O2/c29-26(25(18-24-10-7-17-30-24)23-8-3-1-4-9-23)27-19-21-11-13-22(14-12-21)20-28-15-5-2-6-16-28/h1,3-4,7-14,17-18H,2,5-6,15-16,19-20H2,(H,27,29)/b25-18+. The van der Waals surface area contributed by atoms with Gasteiger partial charge in [-0.1, -0.05) is 61.0 Å². The molecule has 2 aromatic carbocycles. The molecule has 0 atom stereocenters. The van der Waals surface area contributed by atoms with Gasteiger partial charge in [0.1, 0.15) is 5.76 Å². The van der Waals surface area contributed by atoms with E-state index in [1.807, 2.05) is 42.5 Å². The molecule has 1 amide bonds. The average molecular weight is 401 g/mol. The summed E-state index contributed by atoms with van der Waals surface area (Å²) in [6, 6.07) is 21.9. The van der Waals surface area contributed by atoms with Gasteiger partial charge in [-0.15, -0.1) is 0 Å². The Labute approximate surface area is 178 Å². The monoisotopic (exact) mass is 400 g/mol. The number of nitrogens with zero attached hydrogens (tertiary/aromatic N) is 1. The molecule has 3 aromatic rings. The second kappa shape index (κ2) is 10.1. The molecule has 1 aliphatic heterocycles. The van der Waals surface area contributed by atoms with Gasteiger partial charge in [0.15, 0.2) is 0 Å². The number of furan rings is 1. The first kappa shape index (κ1) is 20.2. The second-order valence-electron chi connectivity index (χ2n) is 7.78. The predicted molar refractivity (Wildman–Crippen MR) is 120 cm³/mol. The molecule has 154 valence electrons. The van der Waals surface area contributed by atoms with Crippen LogP contribution in [-0.4, -0.2) is 23.9 Å². The molecule has 0 aliphatic carbocycles. The molecule has 0 spiro atoms. The summed E-state index contributed by atoms with van der Waals surface area (Å²) < 4.78 is 5.41. The van der Waals surface area contributed by atoms with Crippen molar-refractivity contribution >= 4 is 17.6 Å². The summed E-state index contributed by atoms with van der Waals surface area (Å²) in [5.41, 5.74) is 3.88. The van der Waals surface area contributed by atoms with Crippen LogP contribution >= 0.6 is 0 Å². The molecule has 30 heavy (non-hydrogen) atoms. The van der Waals surface area contributed by atoms with Gasteiger partial charge in [-0.05, 0) is 60.8 Å². The summed E-state index contributed by atoms with van der Waals surface area (Å²) in [5, 5.41) is 3.05. The normalized spacial score (nSPS) is 15.1. The highest BCUT2D eigenvalue weighted by atomic mass is 16.3. The molecule has 2 heterocycles. The Bertz CT molecular complexity index is 954. The van der Waals surface area contributed by atoms with Crippen molar-refractivity contribution in [3.05, 3.63) is 95.4 Å². The van der Waals surface area contributed by atoms with E-state index in [9.17, 15) is 4.79 Å². The van der Waals surface area contributed by atoms with Crippen LogP contribution in [0.5, 0.6) is 0 Å². The van der Waals surface area contributed by atoms with Crippen LogP contribution in [0.4, 0.5) is 0 Å². The Morgan fingerprint density at radius 2 is 1.63 bits per heavy atom. The van der Waals surface area contributed by atoms with Crippen LogP contribution in [0.15, 0.2) is 77.4 Å². The van der Waals surface area contributed by atoms with Gasteiger partial charge in [0.05, 0.1) is 11.8 Å². The van der Waals surface area contributed by atoms with Crippen molar-refractivity contribution in [3.63, 3.8) is 0 Å². The van der Waals surface area contributed by atoms with Crippen LogP contribution in [0.25, 0.3) is 11.6 Å². The third-order valence-corrected chi connectivity index (χ3v) is 5.49. The summed E-state index contributed by atoms with van der Waals surface area (Å²) in [4.78, 5) is 15.5. The first-order chi connectivity index (χ1) is 14.8. The molecule has 1 saturated heterocycles. The van der Waals surface area contributed by atoms with E-state index in [2.05, 4.69) is 34.5 Å². The number of piperidine rings is 1. The largest absolute Gasteiger partial charge is 0.465 e. The summed E-state index contributed by atoms with van der Waals surface area (Å²) in [6.07, 6.45) is 7.36. The lowest BCUT2D eigenvalue weighted by atomic mass is 10.0. The van der Waals surface area contributed by atoms with E-state index in [-0.39, 0.29) is 5.91 Å². The molecule has 0 bridgehead atoms. The number of rotatable bonds is 7. The predicted octanol–water partition coefficient (Wildman–Crippen LogP) is 5.12. The van der Waals surface area contributed by atoms with Crippen molar-refractivity contribution < 1.29 is 9.21 Å². The van der Waals surface area contributed by atoms with Gasteiger partial charge in [0, 0.05) is 13.1 Å². The van der Waals surface area contributed by atoms with Crippen molar-refractivity contribution in [2.75, 3.05) is 13.1 Å². The van der Waals surface area contributed by atoms with Crippen LogP contribution in [0.2, 0.25) is 0 Å². The van der Waals surface area contributed by atoms with Crippen LogP contribution in [-0.2, 0) is 17.9 Å². The number of hydrogen-bond donors (Lipinski definition) is 1. The number of carbonyl (C=O) groups is 1. The molecular weight excluding hydrogens is 372 g/mol. The summed E-state index contributed by atoms with van der Waals surface area (Å²) in [5.74, 6) is 0.543. The highest BCUT2D eigenvalue weighted by Gasteiger charge is 2.13. The van der Waals surface area contributed by atoms with Gasteiger partial charge in [-0.3, -0.25) is 9.69 Å². The van der Waals surface area contributed by atoms with Crippen LogP contribution in [0.3, 0.4) is 0 Å². The van der Waals surface area contributed by atoms with Gasteiger partial charge < -0.3 is 9.73 Å². The Kier molecular flexibility index (Phi) is 6.78. The zero-order valence-electron chi connectivity index (χ0n) is 17.2. The smallest absolute Gasteiger partial charge is 0.252 e. The SMILES string of the molecule is O=C(NCc1ccc(CN2CCCCC2)cc1)/C(=C/c1ccco1)c1ccccc1. The first-order valence-corrected chi connectivity index (χ1v) is 10.7. The van der Waals surface area contributed by atoms with Gasteiger partial charge in [-0.25, -0.2) is 0 Å². The molecule has 4 rings (SSSR count). The van der Waals surface area contributed by atoms with E-state index in [1.165, 1.54) is 37.9 Å². The number of carbonyl (C=O) groups excluding carboxylic acids is 1. The molecule has 1 N–H and O–H groups in total. The molecule has 1 aliphatic rings. The lowest BCUT2D eigenvalue weighted by Crippen LogP contribution is -2.29. The zero-order valence-corrected chi connectivity index (χ0v) is 17.2. The fraction of sp³-hybridized carbons (Fsp3) is 0.269. The summed E-state index contributed by atoms with van der Waals surface area (Å²) in [7, 11) is 0. The molecule has 4 nitrogen and oxygen atoms in total. The Balaban J connectivity index is 1.39. The van der Waals surface area contributed by atoms with Crippen molar-refractivity contribution in [3.8, 4) is 0 Å². The number of nitrogens with one attached hydrogen (secondary N) is 1. The molecular formula is C26H28N2O2. The van der Waals surface area contributed by atoms with E-state index in [0.717, 1.165) is 17.7 Å². The minimum absolute atomic E-state index is 0.116. The first-order valence-electron chi connectivity index (χ1n) is 10.7. The highest BCUT2D eigenvalue weighted by molar-refractivity contribution is 6.23. The fourth-order valence-electron chi connectivity index (χ4n) is 3.83. The number of hydrogen-bond acceptors (Lipinski definition) is 3. The maximum Gasteiger partial charge on any atom is 0.252 e. The van der Waals surface area contributed by atoms with Crippen LogP contribution < -0.4 is 5.32 Å². The number of likely N-dealkylation sites (tertiary alicyclic amines) is 1. The number of amides is 1. The topological polar surface area (TPSA) is 45.5 Å². The number of benzene rings is 2. The van der Waals surface area contributed by atoms with Gasteiger partial charge in [0.25, 0.3) is 5.91 Å². The third kappa shape index (κ3) is 5.49. The molecule has 4 heteroatoms. The average Bonchev–Trinajstić information content (AvgIpc) is 3.31. The molecule has 0 unspecified atom stereocenters. The lowest BCUT2D eigenvalue weighted by Gasteiger charge is -2.26. The zero-order chi connectivity index (χ0) is 20.6. The van der Waals surface area contributed by atoms with E-state index in [4.69, 9.17) is 4.42 Å². The van der Waals surface area contributed by atoms with E-state index >= 15 is 0 Å². The molecule has 0 saturated carbocycles. The van der Waals surface area contributed by atoms with Gasteiger partial charge in [-0.2, -0.15) is 0 Å². The Morgan fingerprint density at radius 3 is 2.33 bits per heavy atom. The van der Waals surface area contributed by atoms with Crippen LogP contribution in [0, 0.1) is 0 Å². The van der Waals surface area contributed by atoms with Crippen molar-refractivity contribution in [1.29, 1.82) is 0 Å². The summed E-state index contributed by atoms with van der Waals surface area (Å²) >= 11 is 0. The molecule has 1 aromatic heterocycles. The van der Waals surface area contributed by atoms with E-state index < -0.39 is 0 Å². The van der Waals surface area contributed by atoms with Gasteiger partial charge >= 0.3 is 0 Å². The lowest BCUT2D eigenvalue weighted by molar-refractivity contribution is -0.115. The maximum atomic E-state index is 12.9. The Hall–Kier alpha value is -3.11. The third-order valence-electron chi connectivity index (χ3n) is 5.49. The van der Waals surface area contributed by atoms with Crippen molar-refractivity contribution in [2.45, 2.75) is 32.4 Å². The fourth-order valence-corrected chi connectivity index (χ4v) is 3.83. The van der Waals surface area contributed by atoms with E-state index in [0.29, 0.717) is 17.9 Å². The highest BCUT2D eigenvalue weighted by Crippen LogP contribution is 2.19. The summed E-state index contributed by atoms with van der Waals surface area (Å²) in [6.45, 7) is 3.89. The van der Waals surface area contributed by atoms with E-state index in [1.54, 1.807) is 12.3 Å². The van der Waals surface area contributed by atoms with Crippen molar-refractivity contribution in [1.82, 2.24) is 10.2 Å². The maximum absolute atomic E-state index is 12.9.